The molecule has 0 radical (unpaired) electrons. The first-order valence-corrected chi connectivity index (χ1v) is 10.8. The molecule has 0 saturated heterocycles. The number of hydrogen-bond donors (Lipinski definition) is 2. The Morgan fingerprint density at radius 2 is 1.68 bits per heavy atom. The van der Waals surface area contributed by atoms with Gasteiger partial charge in [-0.25, -0.2) is 9.97 Å². The highest BCUT2D eigenvalue weighted by atomic mass is 16.1. The van der Waals surface area contributed by atoms with Gasteiger partial charge in [-0.15, -0.1) is 0 Å². The topological polar surface area (TPSA) is 73.4 Å². The van der Waals surface area contributed by atoms with E-state index < -0.39 is 0 Å². The highest BCUT2D eigenvalue weighted by Crippen LogP contribution is 2.24. The highest BCUT2D eigenvalue weighted by Gasteiger charge is 2.10. The van der Waals surface area contributed by atoms with E-state index in [0.717, 1.165) is 47.9 Å². The molecule has 3 aromatic rings. The summed E-state index contributed by atoms with van der Waals surface area (Å²) in [4.78, 5) is 26.1. The molecule has 0 unspecified atom stereocenters. The van der Waals surface area contributed by atoms with Crippen molar-refractivity contribution in [1.82, 2.24) is 25.1 Å². The third-order valence-corrected chi connectivity index (χ3v) is 5.13. The van der Waals surface area contributed by atoms with Crippen LogP contribution in [-0.4, -0.2) is 65.9 Å². The lowest BCUT2D eigenvalue weighted by Crippen LogP contribution is -2.34. The summed E-state index contributed by atoms with van der Waals surface area (Å²) in [6.07, 6.45) is 0. The van der Waals surface area contributed by atoms with E-state index in [1.54, 1.807) is 0 Å². The maximum absolute atomic E-state index is 12.4. The molecule has 2 N–H and O–H groups in total. The fourth-order valence-corrected chi connectivity index (χ4v) is 3.38. The van der Waals surface area contributed by atoms with Gasteiger partial charge >= 0.3 is 0 Å². The van der Waals surface area contributed by atoms with E-state index >= 15 is 0 Å². The van der Waals surface area contributed by atoms with Crippen LogP contribution in [0.2, 0.25) is 0 Å². The molecule has 1 aromatic heterocycles. The van der Waals surface area contributed by atoms with Gasteiger partial charge in [0.05, 0.1) is 12.1 Å². The van der Waals surface area contributed by atoms with Gasteiger partial charge in [-0.05, 0) is 63.6 Å². The minimum Gasteiger partial charge on any atom is -0.351 e. The summed E-state index contributed by atoms with van der Waals surface area (Å²) < 4.78 is 0. The lowest BCUT2D eigenvalue weighted by Gasteiger charge is -2.18. The molecule has 0 aliphatic rings. The molecular formula is C24H32N6O. The van der Waals surface area contributed by atoms with E-state index in [1.165, 1.54) is 0 Å². The minimum atomic E-state index is -0.0561. The van der Waals surface area contributed by atoms with Crippen LogP contribution in [0.15, 0.2) is 48.5 Å². The maximum Gasteiger partial charge on any atom is 0.251 e. The lowest BCUT2D eigenvalue weighted by molar-refractivity contribution is 0.0949. The number of carbonyl (C=O) groups excluding carboxylic acids is 1. The predicted molar refractivity (Wildman–Crippen MR) is 127 cm³/mol. The maximum atomic E-state index is 12.4. The number of benzene rings is 2. The molecule has 1 heterocycles. The van der Waals surface area contributed by atoms with E-state index in [2.05, 4.69) is 34.4 Å². The first-order valence-electron chi connectivity index (χ1n) is 10.8. The Bertz CT molecular complexity index is 999. The fraction of sp³-hybridized carbons (Fsp3) is 0.375. The molecule has 0 atom stereocenters. The zero-order valence-electron chi connectivity index (χ0n) is 18.9. The Morgan fingerprint density at radius 1 is 0.968 bits per heavy atom. The number of nitrogens with zero attached hydrogens (tertiary/aromatic N) is 4. The van der Waals surface area contributed by atoms with Crippen LogP contribution in [0.1, 0.15) is 30.0 Å². The van der Waals surface area contributed by atoms with Gasteiger partial charge in [0.2, 0.25) is 0 Å². The van der Waals surface area contributed by atoms with Crippen molar-refractivity contribution in [2.75, 3.05) is 45.6 Å². The molecular weight excluding hydrogens is 388 g/mol. The van der Waals surface area contributed by atoms with Gasteiger partial charge in [-0.2, -0.15) is 0 Å². The average Bonchev–Trinajstić information content (AvgIpc) is 2.76. The third-order valence-electron chi connectivity index (χ3n) is 5.13. The Kier molecular flexibility index (Phi) is 7.92. The van der Waals surface area contributed by atoms with Crippen LogP contribution < -0.4 is 10.6 Å². The van der Waals surface area contributed by atoms with Crippen LogP contribution in [0.5, 0.6) is 0 Å². The van der Waals surface area contributed by atoms with Crippen LogP contribution in [0, 0.1) is 0 Å². The van der Waals surface area contributed by atoms with Crippen molar-refractivity contribution in [3.05, 3.63) is 59.9 Å². The van der Waals surface area contributed by atoms with Crippen LogP contribution in [0.3, 0.4) is 0 Å². The highest BCUT2D eigenvalue weighted by molar-refractivity contribution is 5.95. The Hall–Kier alpha value is -3.03. The van der Waals surface area contributed by atoms with Gasteiger partial charge in [-0.1, -0.05) is 26.0 Å². The third kappa shape index (κ3) is 6.23. The first kappa shape index (κ1) is 22.7. The summed E-state index contributed by atoms with van der Waals surface area (Å²) in [5.41, 5.74) is 2.42. The van der Waals surface area contributed by atoms with Crippen molar-refractivity contribution in [1.29, 1.82) is 0 Å². The summed E-state index contributed by atoms with van der Waals surface area (Å²) in [5, 5.41) is 7.34. The molecule has 164 valence electrons. The van der Waals surface area contributed by atoms with E-state index in [1.807, 2.05) is 67.5 Å². The Balaban J connectivity index is 1.71. The summed E-state index contributed by atoms with van der Waals surface area (Å²) >= 11 is 0. The molecule has 0 aliphatic heterocycles. The van der Waals surface area contributed by atoms with Gasteiger partial charge in [0.25, 0.3) is 5.91 Å². The zero-order valence-corrected chi connectivity index (χ0v) is 18.9. The van der Waals surface area contributed by atoms with Crippen LogP contribution in [0.4, 0.5) is 11.5 Å². The molecule has 3 rings (SSSR count). The summed E-state index contributed by atoms with van der Waals surface area (Å²) in [6.45, 7) is 8.38. The van der Waals surface area contributed by atoms with Crippen molar-refractivity contribution in [2.24, 2.45) is 0 Å². The largest absolute Gasteiger partial charge is 0.351 e. The molecule has 0 aliphatic carbocycles. The van der Waals surface area contributed by atoms with Crippen molar-refractivity contribution in [2.45, 2.75) is 20.4 Å². The van der Waals surface area contributed by atoms with Gasteiger partial charge in [0, 0.05) is 29.7 Å². The Labute approximate surface area is 184 Å². The molecule has 0 saturated carbocycles. The molecule has 0 spiro atoms. The van der Waals surface area contributed by atoms with Gasteiger partial charge < -0.3 is 20.4 Å². The number of anilines is 2. The Morgan fingerprint density at radius 3 is 2.35 bits per heavy atom. The summed E-state index contributed by atoms with van der Waals surface area (Å²) in [5.74, 6) is 1.47. The average molecular weight is 421 g/mol. The standard InChI is InChI=1S/C24H32N6O/c1-5-30(6-2)16-15-25-24(31)18-11-13-19(14-12-18)26-23-20-9-7-8-10-21(20)27-22(28-23)17-29(3)4/h7-14H,5-6,15-17H2,1-4H3,(H,25,31)(H,26,27,28). The second-order valence-electron chi connectivity index (χ2n) is 7.73. The number of rotatable bonds is 10. The van der Waals surface area contributed by atoms with Crippen molar-refractivity contribution >= 4 is 28.3 Å². The summed E-state index contributed by atoms with van der Waals surface area (Å²) in [6, 6.07) is 15.4. The van der Waals surface area contributed by atoms with Gasteiger partial charge in [0.1, 0.15) is 11.6 Å². The second kappa shape index (κ2) is 10.8. The van der Waals surface area contributed by atoms with E-state index in [-0.39, 0.29) is 5.91 Å². The molecule has 7 heteroatoms. The van der Waals surface area contributed by atoms with Crippen molar-refractivity contribution in [3.63, 3.8) is 0 Å². The van der Waals surface area contributed by atoms with Crippen LogP contribution in [0.25, 0.3) is 10.9 Å². The smallest absolute Gasteiger partial charge is 0.251 e. The second-order valence-corrected chi connectivity index (χ2v) is 7.73. The zero-order chi connectivity index (χ0) is 22.2. The lowest BCUT2D eigenvalue weighted by atomic mass is 10.2. The number of nitrogens with one attached hydrogen (secondary N) is 2. The normalized spacial score (nSPS) is 11.3. The summed E-state index contributed by atoms with van der Waals surface area (Å²) in [7, 11) is 3.99. The molecule has 7 nitrogen and oxygen atoms in total. The molecule has 2 aromatic carbocycles. The van der Waals surface area contributed by atoms with Crippen molar-refractivity contribution in [3.8, 4) is 0 Å². The minimum absolute atomic E-state index is 0.0561. The number of fused-ring (bicyclic) bond motifs is 1. The SMILES string of the molecule is CCN(CC)CCNC(=O)c1ccc(Nc2nc(CN(C)C)nc3ccccc23)cc1. The van der Waals surface area contributed by atoms with E-state index in [4.69, 9.17) is 4.98 Å². The van der Waals surface area contributed by atoms with Crippen molar-refractivity contribution < 1.29 is 4.79 Å². The predicted octanol–water partition coefficient (Wildman–Crippen LogP) is 3.51. The molecule has 31 heavy (non-hydrogen) atoms. The van der Waals surface area contributed by atoms with Gasteiger partial charge in [-0.3, -0.25) is 4.79 Å². The molecule has 1 amide bonds. The monoisotopic (exact) mass is 420 g/mol. The number of carbonyl (C=O) groups is 1. The quantitative estimate of drug-likeness (QED) is 0.523. The molecule has 0 fully saturated rings. The van der Waals surface area contributed by atoms with Crippen LogP contribution >= 0.6 is 0 Å². The number of likely N-dealkylation sites (N-methyl/N-ethyl adjacent to an activating group) is 1. The number of amides is 1. The van der Waals surface area contributed by atoms with E-state index in [0.29, 0.717) is 18.7 Å². The number of aromatic nitrogens is 2. The van der Waals surface area contributed by atoms with E-state index in [9.17, 15) is 4.79 Å². The number of para-hydroxylation sites is 1. The first-order chi connectivity index (χ1) is 15.0. The van der Waals surface area contributed by atoms with Gasteiger partial charge in [0.15, 0.2) is 0 Å². The molecule has 0 bridgehead atoms. The number of hydrogen-bond acceptors (Lipinski definition) is 6. The van der Waals surface area contributed by atoms with Crippen LogP contribution in [-0.2, 0) is 6.54 Å². The fourth-order valence-electron chi connectivity index (χ4n) is 3.38.